The minimum atomic E-state index is 0.529. The second-order valence-electron chi connectivity index (χ2n) is 5.86. The molecule has 0 saturated heterocycles. The first kappa shape index (κ1) is 18.7. The van der Waals surface area contributed by atoms with Crippen LogP contribution in [0.5, 0.6) is 11.5 Å². The predicted molar refractivity (Wildman–Crippen MR) is 99.4 cm³/mol. The SMILES string of the molecule is CCNC(=NCc1cc(Cl)c(OCC)c(OC)c1)NC1CCCC1. The molecule has 134 valence electrons. The van der Waals surface area contributed by atoms with Crippen LogP contribution in [-0.4, -0.2) is 32.3 Å². The third-order valence-electron chi connectivity index (χ3n) is 4.04. The Labute approximate surface area is 149 Å². The van der Waals surface area contributed by atoms with Crippen LogP contribution in [0.4, 0.5) is 0 Å². The maximum Gasteiger partial charge on any atom is 0.191 e. The second kappa shape index (κ2) is 9.62. The van der Waals surface area contributed by atoms with Crippen molar-refractivity contribution in [3.05, 3.63) is 22.7 Å². The summed E-state index contributed by atoms with van der Waals surface area (Å²) in [6, 6.07) is 4.35. The summed E-state index contributed by atoms with van der Waals surface area (Å²) in [5.74, 6) is 2.09. The Morgan fingerprint density at radius 2 is 2.04 bits per heavy atom. The van der Waals surface area contributed by atoms with E-state index in [2.05, 4.69) is 22.5 Å². The maximum absolute atomic E-state index is 6.32. The van der Waals surface area contributed by atoms with Gasteiger partial charge >= 0.3 is 0 Å². The van der Waals surface area contributed by atoms with Gasteiger partial charge in [-0.2, -0.15) is 0 Å². The Morgan fingerprint density at radius 3 is 2.67 bits per heavy atom. The lowest BCUT2D eigenvalue weighted by molar-refractivity contribution is 0.311. The molecule has 1 aliphatic carbocycles. The van der Waals surface area contributed by atoms with Crippen molar-refractivity contribution in [1.29, 1.82) is 0 Å². The number of halogens is 1. The van der Waals surface area contributed by atoms with Gasteiger partial charge in [0.05, 0.1) is 25.3 Å². The molecule has 0 atom stereocenters. The van der Waals surface area contributed by atoms with Gasteiger partial charge in [-0.1, -0.05) is 24.4 Å². The van der Waals surface area contributed by atoms with Crippen LogP contribution in [0.2, 0.25) is 5.02 Å². The molecule has 0 unspecified atom stereocenters. The Balaban J connectivity index is 2.10. The minimum absolute atomic E-state index is 0.529. The van der Waals surface area contributed by atoms with Gasteiger partial charge in [-0.3, -0.25) is 0 Å². The van der Waals surface area contributed by atoms with E-state index >= 15 is 0 Å². The van der Waals surface area contributed by atoms with Crippen molar-refractivity contribution in [2.45, 2.75) is 52.1 Å². The number of hydrogen-bond donors (Lipinski definition) is 2. The highest BCUT2D eigenvalue weighted by molar-refractivity contribution is 6.32. The zero-order chi connectivity index (χ0) is 17.4. The van der Waals surface area contributed by atoms with Crippen molar-refractivity contribution < 1.29 is 9.47 Å². The largest absolute Gasteiger partial charge is 0.493 e. The van der Waals surface area contributed by atoms with Gasteiger partial charge in [0.2, 0.25) is 0 Å². The van der Waals surface area contributed by atoms with Gasteiger partial charge in [-0.05, 0) is 44.4 Å². The van der Waals surface area contributed by atoms with Gasteiger partial charge in [0.25, 0.3) is 0 Å². The molecule has 1 aliphatic rings. The first-order chi connectivity index (χ1) is 11.7. The molecule has 2 rings (SSSR count). The lowest BCUT2D eigenvalue weighted by Gasteiger charge is -2.17. The fourth-order valence-electron chi connectivity index (χ4n) is 2.90. The molecule has 0 aromatic heterocycles. The van der Waals surface area contributed by atoms with Crippen molar-refractivity contribution in [3.8, 4) is 11.5 Å². The number of hydrogen-bond acceptors (Lipinski definition) is 3. The number of ether oxygens (including phenoxy) is 2. The predicted octanol–water partition coefficient (Wildman–Crippen LogP) is 3.75. The van der Waals surface area contributed by atoms with E-state index in [-0.39, 0.29) is 0 Å². The lowest BCUT2D eigenvalue weighted by Crippen LogP contribution is -2.42. The van der Waals surface area contributed by atoms with Crippen molar-refractivity contribution in [3.63, 3.8) is 0 Å². The molecule has 0 heterocycles. The number of aliphatic imine (C=N–C) groups is 1. The Bertz CT molecular complexity index is 557. The fourth-order valence-corrected chi connectivity index (χ4v) is 3.19. The summed E-state index contributed by atoms with van der Waals surface area (Å²) in [6.07, 6.45) is 5.02. The fraction of sp³-hybridized carbons (Fsp3) is 0.611. The molecule has 0 bridgehead atoms. The molecule has 2 N–H and O–H groups in total. The van der Waals surface area contributed by atoms with Crippen molar-refractivity contribution in [1.82, 2.24) is 10.6 Å². The van der Waals surface area contributed by atoms with Gasteiger partial charge in [-0.25, -0.2) is 4.99 Å². The summed E-state index contributed by atoms with van der Waals surface area (Å²) in [5.41, 5.74) is 0.990. The van der Waals surface area contributed by atoms with Crippen LogP contribution in [0.15, 0.2) is 17.1 Å². The third kappa shape index (κ3) is 5.20. The summed E-state index contributed by atoms with van der Waals surface area (Å²) in [5, 5.41) is 7.37. The maximum atomic E-state index is 6.32. The van der Waals surface area contributed by atoms with E-state index in [0.29, 0.717) is 35.7 Å². The average molecular weight is 354 g/mol. The zero-order valence-corrected chi connectivity index (χ0v) is 15.6. The molecule has 1 aromatic carbocycles. The van der Waals surface area contributed by atoms with E-state index in [0.717, 1.165) is 18.1 Å². The van der Waals surface area contributed by atoms with Gasteiger partial charge < -0.3 is 20.1 Å². The summed E-state index contributed by atoms with van der Waals surface area (Å²) in [4.78, 5) is 4.68. The molecule has 1 fully saturated rings. The standard InChI is InChI=1S/C18H28ClN3O2/c1-4-20-18(22-14-8-6-7-9-14)21-12-13-10-15(19)17(24-5-2)16(11-13)23-3/h10-11,14H,4-9,12H2,1-3H3,(H2,20,21,22). The number of rotatable bonds is 7. The highest BCUT2D eigenvalue weighted by Crippen LogP contribution is 2.36. The average Bonchev–Trinajstić information content (AvgIpc) is 3.08. The molecule has 0 amide bonds. The summed E-state index contributed by atoms with van der Waals surface area (Å²) in [7, 11) is 1.62. The smallest absolute Gasteiger partial charge is 0.191 e. The monoisotopic (exact) mass is 353 g/mol. The molecular formula is C18H28ClN3O2. The molecule has 0 radical (unpaired) electrons. The van der Waals surface area contributed by atoms with Crippen LogP contribution >= 0.6 is 11.6 Å². The van der Waals surface area contributed by atoms with Gasteiger partial charge in [-0.15, -0.1) is 0 Å². The van der Waals surface area contributed by atoms with Gasteiger partial charge in [0.15, 0.2) is 17.5 Å². The Hall–Kier alpha value is -1.62. The number of benzene rings is 1. The topological polar surface area (TPSA) is 54.9 Å². The number of nitrogens with zero attached hydrogens (tertiary/aromatic N) is 1. The number of guanidine groups is 1. The van der Waals surface area contributed by atoms with Crippen LogP contribution in [0.3, 0.4) is 0 Å². The minimum Gasteiger partial charge on any atom is -0.493 e. The Morgan fingerprint density at radius 1 is 1.29 bits per heavy atom. The first-order valence-corrected chi connectivity index (χ1v) is 9.09. The summed E-state index contributed by atoms with van der Waals surface area (Å²) in [6.45, 7) is 5.91. The highest BCUT2D eigenvalue weighted by atomic mass is 35.5. The van der Waals surface area contributed by atoms with Gasteiger partial charge in [0.1, 0.15) is 0 Å². The van der Waals surface area contributed by atoms with Crippen LogP contribution < -0.4 is 20.1 Å². The van der Waals surface area contributed by atoms with Crippen LogP contribution in [-0.2, 0) is 6.54 Å². The lowest BCUT2D eigenvalue weighted by atomic mass is 10.2. The molecule has 5 nitrogen and oxygen atoms in total. The molecule has 24 heavy (non-hydrogen) atoms. The molecule has 1 aromatic rings. The molecule has 0 aliphatic heterocycles. The highest BCUT2D eigenvalue weighted by Gasteiger charge is 2.16. The van der Waals surface area contributed by atoms with Crippen LogP contribution in [0.25, 0.3) is 0 Å². The van der Waals surface area contributed by atoms with Crippen LogP contribution in [0.1, 0.15) is 45.1 Å². The van der Waals surface area contributed by atoms with E-state index in [4.69, 9.17) is 21.1 Å². The van der Waals surface area contributed by atoms with Crippen LogP contribution in [0, 0.1) is 0 Å². The Kier molecular flexibility index (Phi) is 7.50. The van der Waals surface area contributed by atoms with Crippen molar-refractivity contribution in [2.24, 2.45) is 4.99 Å². The van der Waals surface area contributed by atoms with Gasteiger partial charge in [0, 0.05) is 12.6 Å². The number of nitrogens with one attached hydrogen (secondary N) is 2. The third-order valence-corrected chi connectivity index (χ3v) is 4.32. The number of methoxy groups -OCH3 is 1. The molecule has 0 spiro atoms. The quantitative estimate of drug-likeness (QED) is 0.579. The normalized spacial score (nSPS) is 15.4. The zero-order valence-electron chi connectivity index (χ0n) is 14.8. The summed E-state index contributed by atoms with van der Waals surface area (Å²) >= 11 is 6.32. The van der Waals surface area contributed by atoms with E-state index in [9.17, 15) is 0 Å². The van der Waals surface area contributed by atoms with E-state index in [1.165, 1.54) is 25.7 Å². The molecule has 1 saturated carbocycles. The molecule has 6 heteroatoms. The van der Waals surface area contributed by atoms with Crippen molar-refractivity contribution >= 4 is 17.6 Å². The van der Waals surface area contributed by atoms with E-state index < -0.39 is 0 Å². The van der Waals surface area contributed by atoms with E-state index in [1.54, 1.807) is 7.11 Å². The summed E-state index contributed by atoms with van der Waals surface area (Å²) < 4.78 is 10.9. The van der Waals surface area contributed by atoms with E-state index in [1.807, 2.05) is 19.1 Å². The first-order valence-electron chi connectivity index (χ1n) is 8.72. The van der Waals surface area contributed by atoms with Crippen molar-refractivity contribution in [2.75, 3.05) is 20.3 Å². The second-order valence-corrected chi connectivity index (χ2v) is 6.27. The molecular weight excluding hydrogens is 326 g/mol.